The van der Waals surface area contributed by atoms with Crippen LogP contribution in [0.2, 0.25) is 0 Å². The van der Waals surface area contributed by atoms with Crippen LogP contribution in [0.4, 0.5) is 0 Å². The monoisotopic (exact) mass is 387 g/mol. The summed E-state index contributed by atoms with van der Waals surface area (Å²) in [4.78, 5) is 1.78. The summed E-state index contributed by atoms with van der Waals surface area (Å²) in [5.74, 6) is 0.439. The van der Waals surface area contributed by atoms with Crippen LogP contribution in [0.3, 0.4) is 0 Å². The van der Waals surface area contributed by atoms with Crippen LogP contribution in [0.5, 0.6) is 0 Å². The van der Waals surface area contributed by atoms with Crippen molar-refractivity contribution in [3.05, 3.63) is 72.3 Å². The summed E-state index contributed by atoms with van der Waals surface area (Å²) in [7, 11) is -1.00. The normalized spacial score (nSPS) is 18.6. The zero-order valence-corrected chi connectivity index (χ0v) is 16.6. The predicted molar refractivity (Wildman–Crippen MR) is 112 cm³/mol. The highest BCUT2D eigenvalue weighted by Gasteiger charge is 2.33. The minimum absolute atomic E-state index is 0.439. The summed E-state index contributed by atoms with van der Waals surface area (Å²) >= 11 is 1.59. The second kappa shape index (κ2) is 8.44. The smallest absolute Gasteiger partial charge is 0.122 e. The Labute approximate surface area is 160 Å². The van der Waals surface area contributed by atoms with Crippen LogP contribution < -0.4 is 4.72 Å². The van der Waals surface area contributed by atoms with E-state index >= 15 is 0 Å². The summed E-state index contributed by atoms with van der Waals surface area (Å²) in [6, 6.07) is 19.3. The molecule has 2 atom stereocenters. The fraction of sp³-hybridized carbons (Fsp3) is 0.286. The Morgan fingerprint density at radius 3 is 2.38 bits per heavy atom. The van der Waals surface area contributed by atoms with Gasteiger partial charge in [0.1, 0.15) is 5.60 Å². The molecule has 2 unspecified atom stereocenters. The van der Waals surface area contributed by atoms with Crippen LogP contribution in [-0.4, -0.2) is 33.1 Å². The summed E-state index contributed by atoms with van der Waals surface area (Å²) in [6.07, 6.45) is 4.94. The number of benzene rings is 2. The molecule has 5 heteroatoms. The molecule has 0 amide bonds. The van der Waals surface area contributed by atoms with Gasteiger partial charge in [0.15, 0.2) is 0 Å². The highest BCUT2D eigenvalue weighted by atomic mass is 32.2. The van der Waals surface area contributed by atoms with Gasteiger partial charge < -0.3 is 5.11 Å². The largest absolute Gasteiger partial charge is 0.380 e. The van der Waals surface area contributed by atoms with Gasteiger partial charge in [-0.25, -0.2) is 8.93 Å². The lowest BCUT2D eigenvalue weighted by Gasteiger charge is -2.28. The van der Waals surface area contributed by atoms with E-state index in [1.165, 1.54) is 0 Å². The fourth-order valence-corrected chi connectivity index (χ4v) is 6.06. The van der Waals surface area contributed by atoms with E-state index in [4.69, 9.17) is 0 Å². The SMILES string of the molecule is CNS(=O)(=CC(O)(CSc1ccccc1)C1=CCCC1)c1ccccc1. The number of aliphatic hydroxyl groups is 1. The zero-order chi connectivity index (χ0) is 18.5. The number of nitrogens with one attached hydrogen (secondary N) is 1. The van der Waals surface area contributed by atoms with Crippen molar-refractivity contribution < 1.29 is 9.32 Å². The second-order valence-corrected chi connectivity index (χ2v) is 9.75. The Hall–Kier alpha value is -1.53. The minimum atomic E-state index is -2.68. The molecule has 0 spiro atoms. The maximum atomic E-state index is 13.6. The van der Waals surface area contributed by atoms with Crippen LogP contribution >= 0.6 is 11.8 Å². The van der Waals surface area contributed by atoms with Gasteiger partial charge in [0, 0.05) is 20.9 Å². The molecule has 138 valence electrons. The van der Waals surface area contributed by atoms with E-state index in [-0.39, 0.29) is 0 Å². The van der Waals surface area contributed by atoms with Gasteiger partial charge >= 0.3 is 0 Å². The summed E-state index contributed by atoms with van der Waals surface area (Å²) in [6.45, 7) is 0. The van der Waals surface area contributed by atoms with Crippen molar-refractivity contribution in [3.8, 4) is 0 Å². The molecular weight excluding hydrogens is 362 g/mol. The molecule has 0 saturated heterocycles. The van der Waals surface area contributed by atoms with Crippen molar-refractivity contribution in [2.45, 2.75) is 34.7 Å². The molecule has 2 aromatic rings. The first-order valence-corrected chi connectivity index (χ1v) is 11.4. The molecule has 0 fully saturated rings. The van der Waals surface area contributed by atoms with Gasteiger partial charge in [-0.05, 0) is 56.1 Å². The molecule has 26 heavy (non-hydrogen) atoms. The first-order valence-electron chi connectivity index (χ1n) is 8.79. The van der Waals surface area contributed by atoms with Gasteiger partial charge in [0.25, 0.3) is 0 Å². The number of thioether (sulfide) groups is 1. The Balaban J connectivity index is 1.99. The highest BCUT2D eigenvalue weighted by Crippen LogP contribution is 2.33. The molecule has 0 saturated carbocycles. The fourth-order valence-electron chi connectivity index (χ4n) is 3.12. The quantitative estimate of drug-likeness (QED) is 0.430. The van der Waals surface area contributed by atoms with Gasteiger partial charge in [-0.1, -0.05) is 42.5 Å². The van der Waals surface area contributed by atoms with Crippen LogP contribution in [0.1, 0.15) is 19.3 Å². The van der Waals surface area contributed by atoms with Gasteiger partial charge in [-0.3, -0.25) is 0 Å². The third kappa shape index (κ3) is 4.41. The Bertz CT molecular complexity index is 871. The van der Waals surface area contributed by atoms with Crippen molar-refractivity contribution in [1.29, 1.82) is 0 Å². The lowest BCUT2D eigenvalue weighted by atomic mass is 9.97. The molecule has 2 aromatic carbocycles. The van der Waals surface area contributed by atoms with E-state index < -0.39 is 15.3 Å². The van der Waals surface area contributed by atoms with Gasteiger partial charge in [0.2, 0.25) is 0 Å². The Morgan fingerprint density at radius 1 is 1.15 bits per heavy atom. The third-order valence-electron chi connectivity index (χ3n) is 4.56. The molecule has 3 nitrogen and oxygen atoms in total. The number of hydrogen-bond acceptors (Lipinski definition) is 3. The second-order valence-electron chi connectivity index (χ2n) is 6.38. The van der Waals surface area contributed by atoms with E-state index in [0.717, 1.165) is 29.7 Å². The molecule has 1 aliphatic rings. The van der Waals surface area contributed by atoms with E-state index in [1.54, 1.807) is 24.2 Å². The molecule has 0 aliphatic heterocycles. The lowest BCUT2D eigenvalue weighted by molar-refractivity contribution is 0.180. The van der Waals surface area contributed by atoms with Crippen molar-refractivity contribution in [2.75, 3.05) is 12.8 Å². The maximum Gasteiger partial charge on any atom is 0.122 e. The molecule has 1 aliphatic carbocycles. The number of hydrogen-bond donors (Lipinski definition) is 2. The van der Waals surface area contributed by atoms with Crippen LogP contribution in [-0.2, 0) is 9.71 Å². The summed E-state index contributed by atoms with van der Waals surface area (Å²) in [5.41, 5.74) is -0.243. The topological polar surface area (TPSA) is 49.3 Å². The maximum absolute atomic E-state index is 13.6. The van der Waals surface area contributed by atoms with Crippen molar-refractivity contribution in [1.82, 2.24) is 4.72 Å². The van der Waals surface area contributed by atoms with Crippen LogP contribution in [0.25, 0.3) is 0 Å². The van der Waals surface area contributed by atoms with Gasteiger partial charge in [0.05, 0.1) is 9.71 Å². The van der Waals surface area contributed by atoms with E-state index in [2.05, 4.69) is 10.8 Å². The predicted octanol–water partition coefficient (Wildman–Crippen LogP) is 3.90. The summed E-state index contributed by atoms with van der Waals surface area (Å²) < 4.78 is 16.5. The number of allylic oxidation sites excluding steroid dienone is 1. The average molecular weight is 388 g/mol. The lowest BCUT2D eigenvalue weighted by Crippen LogP contribution is -2.40. The molecule has 0 aromatic heterocycles. The van der Waals surface area contributed by atoms with E-state index in [1.807, 2.05) is 60.7 Å². The van der Waals surface area contributed by atoms with Crippen molar-refractivity contribution in [2.24, 2.45) is 0 Å². The minimum Gasteiger partial charge on any atom is -0.380 e. The Morgan fingerprint density at radius 2 is 1.81 bits per heavy atom. The third-order valence-corrected chi connectivity index (χ3v) is 8.05. The van der Waals surface area contributed by atoms with Crippen LogP contribution in [0, 0.1) is 0 Å². The summed E-state index contributed by atoms with van der Waals surface area (Å²) in [5, 5.41) is 13.2. The van der Waals surface area contributed by atoms with Gasteiger partial charge in [-0.15, -0.1) is 11.8 Å². The zero-order valence-electron chi connectivity index (χ0n) is 14.9. The van der Waals surface area contributed by atoms with Crippen molar-refractivity contribution in [3.63, 3.8) is 0 Å². The number of rotatable bonds is 7. The molecule has 0 radical (unpaired) electrons. The van der Waals surface area contributed by atoms with E-state index in [0.29, 0.717) is 10.6 Å². The first kappa shape index (κ1) is 19.2. The first-order chi connectivity index (χ1) is 12.6. The molecule has 3 rings (SSSR count). The van der Waals surface area contributed by atoms with Crippen molar-refractivity contribution >= 4 is 26.8 Å². The van der Waals surface area contributed by atoms with Crippen LogP contribution in [0.15, 0.2) is 82.1 Å². The standard InChI is InChI=1S/C21H25NO2S2/c1-22-26(24,20-14-6-3-7-15-20)17-21(23,18-10-8-9-11-18)16-25-19-12-4-2-5-13-19/h2-7,10,12-15,17,23H,8-9,11,16H2,1H3,(H,22,24). The average Bonchev–Trinajstić information content (AvgIpc) is 3.24. The molecule has 0 bridgehead atoms. The molecular formula is C21H25NO2S2. The molecule has 0 heterocycles. The van der Waals surface area contributed by atoms with Gasteiger partial charge in [-0.2, -0.15) is 0 Å². The molecule has 2 N–H and O–H groups in total. The Kier molecular flexibility index (Phi) is 6.24. The highest BCUT2D eigenvalue weighted by molar-refractivity contribution is 8.00. The van der Waals surface area contributed by atoms with E-state index in [9.17, 15) is 9.32 Å².